The lowest BCUT2D eigenvalue weighted by Crippen LogP contribution is -2.27. The topological polar surface area (TPSA) is 37.4 Å². The van der Waals surface area contributed by atoms with Crippen LogP contribution in [0.4, 0.5) is 5.69 Å². The van der Waals surface area contributed by atoms with Crippen molar-refractivity contribution < 1.29 is 9.59 Å². The molecule has 3 rings (SSSR count). The van der Waals surface area contributed by atoms with Gasteiger partial charge in [-0.15, -0.1) is 0 Å². The zero-order valence-electron chi connectivity index (χ0n) is 11.7. The lowest BCUT2D eigenvalue weighted by atomic mass is 10.1. The van der Waals surface area contributed by atoms with Gasteiger partial charge in [-0.1, -0.05) is 65.9 Å². The summed E-state index contributed by atoms with van der Waals surface area (Å²) in [6.45, 7) is 0. The van der Waals surface area contributed by atoms with Gasteiger partial charge >= 0.3 is 0 Å². The number of amides is 1. The first-order valence-corrected chi connectivity index (χ1v) is 8.27. The van der Waals surface area contributed by atoms with Crippen LogP contribution >= 0.6 is 35.6 Å². The van der Waals surface area contributed by atoms with E-state index in [0.717, 1.165) is 11.8 Å². The monoisotopic (exact) mass is 359 g/mol. The Balaban J connectivity index is 1.91. The van der Waals surface area contributed by atoms with Crippen molar-refractivity contribution in [3.8, 4) is 0 Å². The molecule has 3 nitrogen and oxygen atoms in total. The molecule has 1 aliphatic heterocycles. The van der Waals surface area contributed by atoms with Crippen LogP contribution in [0.5, 0.6) is 0 Å². The van der Waals surface area contributed by atoms with E-state index in [9.17, 15) is 9.59 Å². The van der Waals surface area contributed by atoms with E-state index in [1.165, 1.54) is 16.7 Å². The Kier molecular flexibility index (Phi) is 4.61. The van der Waals surface area contributed by atoms with E-state index in [1.54, 1.807) is 54.6 Å². The minimum Gasteiger partial charge on any atom is -0.298 e. The third-order valence-electron chi connectivity index (χ3n) is 3.23. The van der Waals surface area contributed by atoms with Gasteiger partial charge in [-0.05, 0) is 29.8 Å². The molecule has 1 fully saturated rings. The molecule has 23 heavy (non-hydrogen) atoms. The van der Waals surface area contributed by atoms with E-state index in [-0.39, 0.29) is 5.91 Å². The third-order valence-corrected chi connectivity index (χ3v) is 4.77. The maximum Gasteiger partial charge on any atom is 0.270 e. The summed E-state index contributed by atoms with van der Waals surface area (Å²) in [7, 11) is 0. The number of aldehydes is 1. The smallest absolute Gasteiger partial charge is 0.270 e. The number of hydrogen-bond acceptors (Lipinski definition) is 4. The van der Waals surface area contributed by atoms with Crippen LogP contribution in [0.25, 0.3) is 6.08 Å². The molecule has 0 radical (unpaired) electrons. The predicted octanol–water partition coefficient (Wildman–Crippen LogP) is 4.56. The first kappa shape index (κ1) is 15.9. The van der Waals surface area contributed by atoms with Crippen LogP contribution in [0.2, 0.25) is 5.02 Å². The van der Waals surface area contributed by atoms with Crippen molar-refractivity contribution in [1.82, 2.24) is 0 Å². The summed E-state index contributed by atoms with van der Waals surface area (Å²) in [6, 6.07) is 14.0. The highest BCUT2D eigenvalue weighted by Crippen LogP contribution is 2.36. The minimum atomic E-state index is -0.179. The van der Waals surface area contributed by atoms with Gasteiger partial charge in [0.05, 0.1) is 10.6 Å². The summed E-state index contributed by atoms with van der Waals surface area (Å²) in [5.74, 6) is -0.179. The van der Waals surface area contributed by atoms with Gasteiger partial charge in [0.1, 0.15) is 6.29 Å². The van der Waals surface area contributed by atoms with Crippen molar-refractivity contribution in [2.75, 3.05) is 4.90 Å². The molecule has 1 saturated heterocycles. The van der Waals surface area contributed by atoms with Gasteiger partial charge in [0.15, 0.2) is 4.32 Å². The standard InChI is InChI=1S/C17H10ClNO2S2/c18-13-2-1-3-14(9-13)19-16(21)15(23-17(19)22)8-11-4-6-12(10-20)7-5-11/h1-10H/b15-8+. The van der Waals surface area contributed by atoms with Gasteiger partial charge < -0.3 is 0 Å². The number of anilines is 1. The second-order valence-corrected chi connectivity index (χ2v) is 6.89. The van der Waals surface area contributed by atoms with E-state index in [0.29, 0.717) is 25.5 Å². The number of carbonyl (C=O) groups is 2. The Labute approximate surface area is 147 Å². The van der Waals surface area contributed by atoms with Crippen LogP contribution in [0.15, 0.2) is 53.4 Å². The van der Waals surface area contributed by atoms with E-state index < -0.39 is 0 Å². The molecule has 0 aromatic heterocycles. The molecule has 0 aliphatic carbocycles. The Bertz CT molecular complexity index is 831. The number of hydrogen-bond donors (Lipinski definition) is 0. The Morgan fingerprint density at radius 3 is 2.43 bits per heavy atom. The average Bonchev–Trinajstić information content (AvgIpc) is 2.82. The summed E-state index contributed by atoms with van der Waals surface area (Å²) >= 11 is 12.5. The zero-order chi connectivity index (χ0) is 16.4. The second-order valence-electron chi connectivity index (χ2n) is 4.78. The average molecular weight is 360 g/mol. The fourth-order valence-corrected chi connectivity index (χ4v) is 3.61. The van der Waals surface area contributed by atoms with Crippen molar-refractivity contribution in [2.45, 2.75) is 0 Å². The highest BCUT2D eigenvalue weighted by molar-refractivity contribution is 8.27. The molecule has 1 aliphatic rings. The number of thiocarbonyl (C=S) groups is 1. The van der Waals surface area contributed by atoms with Crippen molar-refractivity contribution in [3.63, 3.8) is 0 Å². The van der Waals surface area contributed by atoms with Crippen molar-refractivity contribution in [1.29, 1.82) is 0 Å². The van der Waals surface area contributed by atoms with Crippen molar-refractivity contribution >= 4 is 63.9 Å². The van der Waals surface area contributed by atoms with E-state index in [1.807, 2.05) is 0 Å². The van der Waals surface area contributed by atoms with Crippen LogP contribution < -0.4 is 4.90 Å². The number of carbonyl (C=O) groups excluding carboxylic acids is 2. The largest absolute Gasteiger partial charge is 0.298 e. The summed E-state index contributed by atoms with van der Waals surface area (Å²) in [6.07, 6.45) is 2.54. The second kappa shape index (κ2) is 6.66. The normalized spacial score (nSPS) is 16.2. The molecule has 6 heteroatoms. The lowest BCUT2D eigenvalue weighted by Gasteiger charge is -2.14. The molecule has 114 valence electrons. The first-order chi connectivity index (χ1) is 11.1. The van der Waals surface area contributed by atoms with Crippen molar-refractivity contribution in [2.24, 2.45) is 0 Å². The molecular weight excluding hydrogens is 350 g/mol. The molecule has 0 atom stereocenters. The maximum atomic E-state index is 12.6. The number of nitrogens with zero attached hydrogens (tertiary/aromatic N) is 1. The molecular formula is C17H10ClNO2S2. The summed E-state index contributed by atoms with van der Waals surface area (Å²) in [5.41, 5.74) is 2.08. The minimum absolute atomic E-state index is 0.179. The molecule has 0 bridgehead atoms. The highest BCUT2D eigenvalue weighted by Gasteiger charge is 2.33. The SMILES string of the molecule is O=Cc1ccc(/C=C2/SC(=S)N(c3cccc(Cl)c3)C2=O)cc1. The van der Waals surface area contributed by atoms with Crippen LogP contribution in [-0.4, -0.2) is 16.5 Å². The fourth-order valence-electron chi connectivity index (χ4n) is 2.13. The third kappa shape index (κ3) is 3.37. The van der Waals surface area contributed by atoms with Gasteiger partial charge in [-0.3, -0.25) is 14.5 Å². The number of halogens is 1. The number of rotatable bonds is 3. The van der Waals surface area contributed by atoms with Gasteiger partial charge in [0.2, 0.25) is 0 Å². The van der Waals surface area contributed by atoms with E-state index in [2.05, 4.69) is 0 Å². The number of benzene rings is 2. The van der Waals surface area contributed by atoms with Crippen LogP contribution in [-0.2, 0) is 4.79 Å². The molecule has 1 heterocycles. The van der Waals surface area contributed by atoms with Gasteiger partial charge in [-0.25, -0.2) is 0 Å². The molecule has 0 spiro atoms. The molecule has 0 saturated carbocycles. The molecule has 2 aromatic carbocycles. The Morgan fingerprint density at radius 2 is 1.78 bits per heavy atom. The zero-order valence-corrected chi connectivity index (χ0v) is 14.1. The summed E-state index contributed by atoms with van der Waals surface area (Å²) < 4.78 is 0.466. The van der Waals surface area contributed by atoms with Gasteiger partial charge in [0.25, 0.3) is 5.91 Å². The van der Waals surface area contributed by atoms with Crippen LogP contribution in [0, 0.1) is 0 Å². The molecule has 0 N–H and O–H groups in total. The summed E-state index contributed by atoms with van der Waals surface area (Å²) in [4.78, 5) is 25.3. The molecule has 0 unspecified atom stereocenters. The molecule has 2 aromatic rings. The quantitative estimate of drug-likeness (QED) is 0.457. The first-order valence-electron chi connectivity index (χ1n) is 6.67. The number of thioether (sulfide) groups is 1. The Hall–Kier alpha value is -1.95. The van der Waals surface area contributed by atoms with Gasteiger partial charge in [-0.2, -0.15) is 0 Å². The van der Waals surface area contributed by atoms with Crippen LogP contribution in [0.1, 0.15) is 15.9 Å². The van der Waals surface area contributed by atoms with E-state index in [4.69, 9.17) is 23.8 Å². The van der Waals surface area contributed by atoms with Crippen LogP contribution in [0.3, 0.4) is 0 Å². The lowest BCUT2D eigenvalue weighted by molar-refractivity contribution is -0.113. The van der Waals surface area contributed by atoms with Gasteiger partial charge in [0, 0.05) is 10.6 Å². The maximum absolute atomic E-state index is 12.6. The van der Waals surface area contributed by atoms with Crippen molar-refractivity contribution in [3.05, 3.63) is 69.6 Å². The summed E-state index contributed by atoms with van der Waals surface area (Å²) in [5, 5.41) is 0.546. The highest BCUT2D eigenvalue weighted by atomic mass is 35.5. The molecule has 1 amide bonds. The Morgan fingerprint density at radius 1 is 1.09 bits per heavy atom. The fraction of sp³-hybridized carbons (Fsp3) is 0. The predicted molar refractivity (Wildman–Crippen MR) is 98.9 cm³/mol. The van der Waals surface area contributed by atoms with E-state index >= 15 is 0 Å².